The molecule has 0 radical (unpaired) electrons. The Morgan fingerprint density at radius 1 is 1.11 bits per heavy atom. The SMILES string of the molecule is COc1cccc(CNCc2ccc(Cl)s2)c1OC. The average Bonchev–Trinajstić information content (AvgIpc) is 2.84. The van der Waals surface area contributed by atoms with Gasteiger partial charge in [-0.3, -0.25) is 0 Å². The third-order valence-corrected chi connectivity index (χ3v) is 3.96. The molecule has 0 aliphatic heterocycles. The highest BCUT2D eigenvalue weighted by molar-refractivity contribution is 7.16. The van der Waals surface area contributed by atoms with Crippen LogP contribution in [0.15, 0.2) is 30.3 Å². The fraction of sp³-hybridized carbons (Fsp3) is 0.286. The van der Waals surface area contributed by atoms with Crippen LogP contribution in [0, 0.1) is 0 Å². The molecular weight excluding hydrogens is 282 g/mol. The van der Waals surface area contributed by atoms with E-state index in [0.717, 1.165) is 34.5 Å². The van der Waals surface area contributed by atoms with Gasteiger partial charge in [-0.25, -0.2) is 0 Å². The lowest BCUT2D eigenvalue weighted by atomic mass is 10.2. The number of halogens is 1. The maximum absolute atomic E-state index is 5.90. The molecule has 102 valence electrons. The normalized spacial score (nSPS) is 10.5. The zero-order valence-electron chi connectivity index (χ0n) is 10.9. The Morgan fingerprint density at radius 3 is 2.58 bits per heavy atom. The van der Waals surface area contributed by atoms with E-state index >= 15 is 0 Å². The summed E-state index contributed by atoms with van der Waals surface area (Å²) in [6, 6.07) is 9.82. The summed E-state index contributed by atoms with van der Waals surface area (Å²) in [5.74, 6) is 1.53. The molecule has 19 heavy (non-hydrogen) atoms. The summed E-state index contributed by atoms with van der Waals surface area (Å²) in [6.07, 6.45) is 0. The molecule has 2 aromatic rings. The molecule has 0 bridgehead atoms. The van der Waals surface area contributed by atoms with Crippen LogP contribution in [0.25, 0.3) is 0 Å². The molecule has 1 aromatic heterocycles. The first-order valence-corrected chi connectivity index (χ1v) is 7.09. The Labute approximate surface area is 122 Å². The van der Waals surface area contributed by atoms with E-state index in [1.54, 1.807) is 25.6 Å². The van der Waals surface area contributed by atoms with Crippen LogP contribution < -0.4 is 14.8 Å². The predicted octanol–water partition coefficient (Wildman–Crippen LogP) is 3.71. The van der Waals surface area contributed by atoms with Crippen molar-refractivity contribution in [3.8, 4) is 11.5 Å². The molecule has 0 aliphatic carbocycles. The highest BCUT2D eigenvalue weighted by atomic mass is 35.5. The van der Waals surface area contributed by atoms with Gasteiger partial charge in [-0.05, 0) is 18.2 Å². The van der Waals surface area contributed by atoms with E-state index in [1.807, 2.05) is 30.3 Å². The number of rotatable bonds is 6. The number of benzene rings is 1. The van der Waals surface area contributed by atoms with Gasteiger partial charge in [-0.2, -0.15) is 0 Å². The highest BCUT2D eigenvalue weighted by Crippen LogP contribution is 2.30. The number of nitrogens with one attached hydrogen (secondary N) is 1. The Balaban J connectivity index is 1.99. The van der Waals surface area contributed by atoms with Crippen molar-refractivity contribution in [2.75, 3.05) is 14.2 Å². The zero-order chi connectivity index (χ0) is 13.7. The molecule has 1 aromatic carbocycles. The minimum absolute atomic E-state index is 0.718. The molecule has 0 fully saturated rings. The number of thiophene rings is 1. The highest BCUT2D eigenvalue weighted by Gasteiger charge is 2.08. The first-order chi connectivity index (χ1) is 9.24. The summed E-state index contributed by atoms with van der Waals surface area (Å²) in [4.78, 5) is 1.21. The molecule has 1 heterocycles. The second kappa shape index (κ2) is 6.80. The van der Waals surface area contributed by atoms with Crippen molar-refractivity contribution in [1.82, 2.24) is 5.32 Å². The monoisotopic (exact) mass is 297 g/mol. The molecule has 0 aliphatic rings. The van der Waals surface area contributed by atoms with Crippen molar-refractivity contribution in [2.24, 2.45) is 0 Å². The number of para-hydroxylation sites is 1. The van der Waals surface area contributed by atoms with Gasteiger partial charge in [0.1, 0.15) is 0 Å². The molecule has 1 N–H and O–H groups in total. The molecule has 3 nitrogen and oxygen atoms in total. The molecule has 0 amide bonds. The largest absolute Gasteiger partial charge is 0.493 e. The molecular formula is C14H16ClNO2S. The first-order valence-electron chi connectivity index (χ1n) is 5.89. The molecule has 2 rings (SSSR count). The third kappa shape index (κ3) is 3.62. The van der Waals surface area contributed by atoms with Crippen LogP contribution in [0.4, 0.5) is 0 Å². The molecule has 0 saturated carbocycles. The van der Waals surface area contributed by atoms with Gasteiger partial charge >= 0.3 is 0 Å². The maximum atomic E-state index is 5.90. The summed E-state index contributed by atoms with van der Waals surface area (Å²) in [7, 11) is 3.29. The topological polar surface area (TPSA) is 30.5 Å². The third-order valence-electron chi connectivity index (χ3n) is 2.73. The van der Waals surface area contributed by atoms with Crippen molar-refractivity contribution in [3.63, 3.8) is 0 Å². The number of ether oxygens (including phenoxy) is 2. The van der Waals surface area contributed by atoms with Crippen molar-refractivity contribution < 1.29 is 9.47 Å². The fourth-order valence-electron chi connectivity index (χ4n) is 1.86. The van der Waals surface area contributed by atoms with Crippen LogP contribution in [-0.4, -0.2) is 14.2 Å². The predicted molar refractivity (Wildman–Crippen MR) is 79.4 cm³/mol. The lowest BCUT2D eigenvalue weighted by molar-refractivity contribution is 0.350. The quantitative estimate of drug-likeness (QED) is 0.882. The lowest BCUT2D eigenvalue weighted by Gasteiger charge is -2.12. The van der Waals surface area contributed by atoms with E-state index < -0.39 is 0 Å². The van der Waals surface area contributed by atoms with Crippen LogP contribution >= 0.6 is 22.9 Å². The van der Waals surface area contributed by atoms with Gasteiger partial charge in [0.15, 0.2) is 11.5 Å². The van der Waals surface area contributed by atoms with Gasteiger partial charge in [0.05, 0.1) is 18.6 Å². The van der Waals surface area contributed by atoms with Gasteiger partial charge in [-0.15, -0.1) is 11.3 Å². The Hall–Kier alpha value is -1.23. The van der Waals surface area contributed by atoms with E-state index in [1.165, 1.54) is 4.88 Å². The molecule has 0 unspecified atom stereocenters. The van der Waals surface area contributed by atoms with Crippen molar-refractivity contribution >= 4 is 22.9 Å². The van der Waals surface area contributed by atoms with Crippen LogP contribution in [0.5, 0.6) is 11.5 Å². The van der Waals surface area contributed by atoms with Crippen LogP contribution in [-0.2, 0) is 13.1 Å². The smallest absolute Gasteiger partial charge is 0.165 e. The van der Waals surface area contributed by atoms with Gasteiger partial charge in [0.2, 0.25) is 0 Å². The van der Waals surface area contributed by atoms with Crippen molar-refractivity contribution in [1.29, 1.82) is 0 Å². The number of hydrogen-bond donors (Lipinski definition) is 1. The van der Waals surface area contributed by atoms with E-state index in [-0.39, 0.29) is 0 Å². The van der Waals surface area contributed by atoms with E-state index in [2.05, 4.69) is 5.32 Å². The lowest BCUT2D eigenvalue weighted by Crippen LogP contribution is -2.12. The molecule has 0 saturated heterocycles. The summed E-state index contributed by atoms with van der Waals surface area (Å²) in [5, 5.41) is 3.37. The summed E-state index contributed by atoms with van der Waals surface area (Å²) in [6.45, 7) is 1.51. The first kappa shape index (κ1) is 14.2. The summed E-state index contributed by atoms with van der Waals surface area (Å²) >= 11 is 7.49. The van der Waals surface area contributed by atoms with Crippen LogP contribution in [0.1, 0.15) is 10.4 Å². The van der Waals surface area contributed by atoms with E-state index in [4.69, 9.17) is 21.1 Å². The fourth-order valence-corrected chi connectivity index (χ4v) is 2.92. The van der Waals surface area contributed by atoms with Gasteiger partial charge in [0, 0.05) is 23.5 Å². The maximum Gasteiger partial charge on any atom is 0.165 e. The van der Waals surface area contributed by atoms with Crippen molar-refractivity contribution in [2.45, 2.75) is 13.1 Å². The van der Waals surface area contributed by atoms with Crippen molar-refractivity contribution in [3.05, 3.63) is 45.1 Å². The Kier molecular flexibility index (Phi) is 5.07. The summed E-state index contributed by atoms with van der Waals surface area (Å²) in [5.41, 5.74) is 1.07. The average molecular weight is 298 g/mol. The minimum Gasteiger partial charge on any atom is -0.493 e. The Bertz CT molecular complexity index is 542. The van der Waals surface area contributed by atoms with Gasteiger partial charge < -0.3 is 14.8 Å². The second-order valence-corrected chi connectivity index (χ2v) is 5.76. The van der Waals surface area contributed by atoms with Crippen LogP contribution in [0.2, 0.25) is 4.34 Å². The molecule has 0 atom stereocenters. The second-order valence-electron chi connectivity index (χ2n) is 3.96. The van der Waals surface area contributed by atoms with Gasteiger partial charge in [-0.1, -0.05) is 23.7 Å². The summed E-state index contributed by atoms with van der Waals surface area (Å²) < 4.78 is 11.5. The molecule has 5 heteroatoms. The molecule has 0 spiro atoms. The van der Waals surface area contributed by atoms with Gasteiger partial charge in [0.25, 0.3) is 0 Å². The zero-order valence-corrected chi connectivity index (χ0v) is 12.5. The number of methoxy groups -OCH3 is 2. The van der Waals surface area contributed by atoms with E-state index in [0.29, 0.717) is 0 Å². The minimum atomic E-state index is 0.718. The van der Waals surface area contributed by atoms with Crippen LogP contribution in [0.3, 0.4) is 0 Å². The standard InChI is InChI=1S/C14H16ClNO2S/c1-17-12-5-3-4-10(14(12)18-2)8-16-9-11-6-7-13(15)19-11/h3-7,16H,8-9H2,1-2H3. The van der Waals surface area contributed by atoms with E-state index in [9.17, 15) is 0 Å². The number of hydrogen-bond acceptors (Lipinski definition) is 4. The Morgan fingerprint density at radius 2 is 1.95 bits per heavy atom.